The summed E-state index contributed by atoms with van der Waals surface area (Å²) in [6, 6.07) is 1.82. The molecule has 19 heavy (non-hydrogen) atoms. The van der Waals surface area contributed by atoms with E-state index in [9.17, 15) is 4.79 Å². The Bertz CT molecular complexity index is 446. The number of carbonyl (C=O) groups excluding carboxylic acids is 1. The van der Waals surface area contributed by atoms with Crippen LogP contribution >= 0.6 is 0 Å². The van der Waals surface area contributed by atoms with Gasteiger partial charge in [0.2, 0.25) is 0 Å². The molecule has 2 N–H and O–H groups in total. The van der Waals surface area contributed by atoms with Gasteiger partial charge < -0.3 is 15.4 Å². The second-order valence-corrected chi connectivity index (χ2v) is 4.63. The highest BCUT2D eigenvalue weighted by Crippen LogP contribution is 2.38. The zero-order valence-electron chi connectivity index (χ0n) is 11.4. The van der Waals surface area contributed by atoms with Gasteiger partial charge in [0.1, 0.15) is 24.0 Å². The Balaban J connectivity index is 2.07. The van der Waals surface area contributed by atoms with Crippen LogP contribution in [0.2, 0.25) is 0 Å². The van der Waals surface area contributed by atoms with E-state index in [1.165, 1.54) is 7.11 Å². The number of aromatic nitrogens is 2. The van der Waals surface area contributed by atoms with Crippen molar-refractivity contribution >= 4 is 17.6 Å². The fourth-order valence-electron chi connectivity index (χ4n) is 1.66. The van der Waals surface area contributed by atoms with Gasteiger partial charge >= 0.3 is 5.97 Å². The van der Waals surface area contributed by atoms with Crippen LogP contribution in [0.25, 0.3) is 0 Å². The van der Waals surface area contributed by atoms with Crippen molar-refractivity contribution in [3.63, 3.8) is 0 Å². The molecule has 1 aromatic rings. The fraction of sp³-hybridized carbons (Fsp3) is 0.615. The zero-order chi connectivity index (χ0) is 13.7. The summed E-state index contributed by atoms with van der Waals surface area (Å²) >= 11 is 0. The molecule has 0 aromatic carbocycles. The number of hydrogen-bond donors (Lipinski definition) is 2. The summed E-state index contributed by atoms with van der Waals surface area (Å²) in [6.45, 7) is 3.09. The number of carbonyl (C=O) groups is 1. The summed E-state index contributed by atoms with van der Waals surface area (Å²) in [7, 11) is 1.37. The van der Waals surface area contributed by atoms with Gasteiger partial charge in [-0.2, -0.15) is 0 Å². The number of nitrogens with one attached hydrogen (secondary N) is 2. The van der Waals surface area contributed by atoms with Crippen molar-refractivity contribution in [2.24, 2.45) is 0 Å². The highest BCUT2D eigenvalue weighted by Gasteiger charge is 2.27. The van der Waals surface area contributed by atoms with Crippen molar-refractivity contribution in [2.75, 3.05) is 30.8 Å². The van der Waals surface area contributed by atoms with Crippen LogP contribution in [0.3, 0.4) is 0 Å². The van der Waals surface area contributed by atoms with E-state index < -0.39 is 0 Å². The number of methoxy groups -OCH3 is 1. The lowest BCUT2D eigenvalue weighted by atomic mass is 10.3. The van der Waals surface area contributed by atoms with Crippen LogP contribution in [0.5, 0.6) is 0 Å². The van der Waals surface area contributed by atoms with Crippen LogP contribution < -0.4 is 10.6 Å². The molecule has 2 rings (SSSR count). The van der Waals surface area contributed by atoms with Gasteiger partial charge in [-0.15, -0.1) is 0 Å². The molecule has 0 bridgehead atoms. The molecule has 0 atom stereocenters. The lowest BCUT2D eigenvalue weighted by Gasteiger charge is -2.10. The SMILES string of the molecule is CCCNc1cc(NCC(=O)OC)nc(C2CC2)n1. The van der Waals surface area contributed by atoms with E-state index in [-0.39, 0.29) is 12.5 Å². The van der Waals surface area contributed by atoms with E-state index in [0.717, 1.165) is 37.4 Å². The van der Waals surface area contributed by atoms with E-state index in [4.69, 9.17) is 0 Å². The first-order chi connectivity index (χ1) is 9.22. The Morgan fingerprint density at radius 2 is 2.05 bits per heavy atom. The molecule has 0 amide bonds. The van der Waals surface area contributed by atoms with Crippen LogP contribution in [-0.4, -0.2) is 36.1 Å². The van der Waals surface area contributed by atoms with Crippen LogP contribution in [0.1, 0.15) is 37.9 Å². The monoisotopic (exact) mass is 264 g/mol. The molecular weight excluding hydrogens is 244 g/mol. The van der Waals surface area contributed by atoms with E-state index in [2.05, 4.69) is 32.3 Å². The van der Waals surface area contributed by atoms with Crippen LogP contribution in [0.15, 0.2) is 6.07 Å². The maximum Gasteiger partial charge on any atom is 0.325 e. The minimum absolute atomic E-state index is 0.116. The second-order valence-electron chi connectivity index (χ2n) is 4.63. The molecule has 1 fully saturated rings. The quantitative estimate of drug-likeness (QED) is 0.731. The third-order valence-electron chi connectivity index (χ3n) is 2.88. The summed E-state index contributed by atoms with van der Waals surface area (Å²) in [5.74, 6) is 2.50. The van der Waals surface area contributed by atoms with Crippen molar-refractivity contribution < 1.29 is 9.53 Å². The van der Waals surface area contributed by atoms with Crippen LogP contribution in [-0.2, 0) is 9.53 Å². The number of esters is 1. The fourth-order valence-corrected chi connectivity index (χ4v) is 1.66. The van der Waals surface area contributed by atoms with Gasteiger partial charge in [-0.1, -0.05) is 6.92 Å². The molecule has 0 unspecified atom stereocenters. The van der Waals surface area contributed by atoms with Crippen LogP contribution in [0, 0.1) is 0 Å². The average molecular weight is 264 g/mol. The van der Waals surface area contributed by atoms with Crippen molar-refractivity contribution in [3.05, 3.63) is 11.9 Å². The Labute approximate surface area is 113 Å². The molecule has 1 heterocycles. The number of nitrogens with zero attached hydrogens (tertiary/aromatic N) is 2. The van der Waals surface area contributed by atoms with Crippen molar-refractivity contribution in [3.8, 4) is 0 Å². The number of hydrogen-bond acceptors (Lipinski definition) is 6. The first-order valence-corrected chi connectivity index (χ1v) is 6.66. The molecule has 104 valence electrons. The van der Waals surface area contributed by atoms with E-state index in [1.54, 1.807) is 0 Å². The smallest absolute Gasteiger partial charge is 0.325 e. The predicted molar refractivity (Wildman–Crippen MR) is 73.3 cm³/mol. The lowest BCUT2D eigenvalue weighted by molar-refractivity contribution is -0.138. The summed E-state index contributed by atoms with van der Waals surface area (Å²) in [5.41, 5.74) is 0. The third-order valence-corrected chi connectivity index (χ3v) is 2.88. The van der Waals surface area contributed by atoms with E-state index >= 15 is 0 Å². The average Bonchev–Trinajstić information content (AvgIpc) is 3.26. The van der Waals surface area contributed by atoms with Gasteiger partial charge in [0.05, 0.1) is 7.11 Å². The molecule has 1 saturated carbocycles. The predicted octanol–water partition coefficient (Wildman–Crippen LogP) is 1.76. The molecule has 1 aliphatic rings. The van der Waals surface area contributed by atoms with Gasteiger partial charge in [0, 0.05) is 18.5 Å². The molecule has 0 aliphatic heterocycles. The summed E-state index contributed by atoms with van der Waals surface area (Å²) < 4.78 is 4.60. The first kappa shape index (κ1) is 13.6. The number of anilines is 2. The normalized spacial score (nSPS) is 14.0. The second kappa shape index (κ2) is 6.36. The molecule has 0 spiro atoms. The summed E-state index contributed by atoms with van der Waals surface area (Å²) in [5, 5.41) is 6.22. The molecule has 6 heteroatoms. The van der Waals surface area contributed by atoms with Crippen LogP contribution in [0.4, 0.5) is 11.6 Å². The Kier molecular flexibility index (Phi) is 4.54. The van der Waals surface area contributed by atoms with Gasteiger partial charge in [-0.25, -0.2) is 9.97 Å². The maximum atomic E-state index is 11.1. The molecular formula is C13H20N4O2. The summed E-state index contributed by atoms with van der Waals surface area (Å²) in [6.07, 6.45) is 3.33. The Morgan fingerprint density at radius 1 is 1.37 bits per heavy atom. The van der Waals surface area contributed by atoms with Gasteiger partial charge in [0.15, 0.2) is 0 Å². The zero-order valence-corrected chi connectivity index (χ0v) is 11.4. The van der Waals surface area contributed by atoms with Gasteiger partial charge in [-0.05, 0) is 19.3 Å². The third kappa shape index (κ3) is 4.08. The number of rotatable bonds is 7. The molecule has 1 aromatic heterocycles. The molecule has 0 saturated heterocycles. The maximum absolute atomic E-state index is 11.1. The molecule has 6 nitrogen and oxygen atoms in total. The lowest BCUT2D eigenvalue weighted by Crippen LogP contribution is -2.16. The number of ether oxygens (including phenoxy) is 1. The standard InChI is InChI=1S/C13H20N4O2/c1-3-6-14-10-7-11(15-8-12(18)19-2)17-13(16-10)9-4-5-9/h7,9H,3-6,8H2,1-2H3,(H2,14,15,16,17). The summed E-state index contributed by atoms with van der Waals surface area (Å²) in [4.78, 5) is 20.1. The van der Waals surface area contributed by atoms with Crippen molar-refractivity contribution in [2.45, 2.75) is 32.1 Å². The topological polar surface area (TPSA) is 76.1 Å². The first-order valence-electron chi connectivity index (χ1n) is 6.66. The minimum Gasteiger partial charge on any atom is -0.468 e. The van der Waals surface area contributed by atoms with Crippen molar-refractivity contribution in [1.29, 1.82) is 0 Å². The highest BCUT2D eigenvalue weighted by atomic mass is 16.5. The van der Waals surface area contributed by atoms with Gasteiger partial charge in [-0.3, -0.25) is 4.79 Å². The van der Waals surface area contributed by atoms with Crippen molar-refractivity contribution in [1.82, 2.24) is 9.97 Å². The molecule has 0 radical (unpaired) electrons. The minimum atomic E-state index is -0.311. The highest BCUT2D eigenvalue weighted by molar-refractivity contribution is 5.74. The van der Waals surface area contributed by atoms with Gasteiger partial charge in [0.25, 0.3) is 0 Å². The van der Waals surface area contributed by atoms with E-state index in [0.29, 0.717) is 11.7 Å². The Hall–Kier alpha value is -1.85. The largest absolute Gasteiger partial charge is 0.468 e. The van der Waals surface area contributed by atoms with E-state index in [1.807, 2.05) is 6.07 Å². The Morgan fingerprint density at radius 3 is 2.63 bits per heavy atom. The molecule has 1 aliphatic carbocycles.